The standard InChI is InChI=1S/C10H9ClN2S/c11-9-3-1-7(2-4-9)8-5-10(13-12)14-6-8/h1-6,13H,12H2. The molecule has 1 heterocycles. The Bertz CT molecular complexity index is 422. The molecule has 72 valence electrons. The molecule has 0 atom stereocenters. The van der Waals surface area contributed by atoms with E-state index in [4.69, 9.17) is 17.4 Å². The van der Waals surface area contributed by atoms with E-state index in [0.29, 0.717) is 0 Å². The summed E-state index contributed by atoms with van der Waals surface area (Å²) >= 11 is 7.38. The SMILES string of the molecule is NNc1cc(-c2ccc(Cl)cc2)cs1. The molecule has 0 aliphatic rings. The zero-order valence-corrected chi connectivity index (χ0v) is 8.90. The highest BCUT2D eigenvalue weighted by molar-refractivity contribution is 7.14. The molecule has 0 aliphatic heterocycles. The Morgan fingerprint density at radius 1 is 1.14 bits per heavy atom. The Balaban J connectivity index is 2.34. The van der Waals surface area contributed by atoms with Gasteiger partial charge in [0, 0.05) is 10.4 Å². The molecular formula is C10H9ClN2S. The zero-order chi connectivity index (χ0) is 9.97. The molecule has 0 radical (unpaired) electrons. The van der Waals surface area contributed by atoms with Gasteiger partial charge in [0.15, 0.2) is 0 Å². The van der Waals surface area contributed by atoms with Gasteiger partial charge >= 0.3 is 0 Å². The molecule has 2 nitrogen and oxygen atoms in total. The molecule has 0 saturated carbocycles. The first-order valence-electron chi connectivity index (χ1n) is 4.10. The first-order chi connectivity index (χ1) is 6.79. The fraction of sp³-hybridized carbons (Fsp3) is 0. The normalized spacial score (nSPS) is 10.1. The van der Waals surface area contributed by atoms with Crippen LogP contribution in [0.4, 0.5) is 5.00 Å². The molecule has 2 rings (SSSR count). The molecular weight excluding hydrogens is 216 g/mol. The lowest BCUT2D eigenvalue weighted by Gasteiger charge is -1.96. The van der Waals surface area contributed by atoms with Crippen molar-refractivity contribution in [3.05, 3.63) is 40.7 Å². The van der Waals surface area contributed by atoms with E-state index in [1.807, 2.05) is 30.3 Å². The second kappa shape index (κ2) is 4.00. The molecule has 14 heavy (non-hydrogen) atoms. The fourth-order valence-corrected chi connectivity index (χ4v) is 2.05. The summed E-state index contributed by atoms with van der Waals surface area (Å²) in [6.07, 6.45) is 0. The van der Waals surface area contributed by atoms with Gasteiger partial charge in [-0.05, 0) is 29.3 Å². The second-order valence-corrected chi connectivity index (χ2v) is 4.20. The van der Waals surface area contributed by atoms with Gasteiger partial charge in [0.2, 0.25) is 0 Å². The molecule has 2 aromatic rings. The Labute approximate surface area is 91.3 Å². The van der Waals surface area contributed by atoms with E-state index < -0.39 is 0 Å². The molecule has 0 saturated heterocycles. The molecule has 3 N–H and O–H groups in total. The summed E-state index contributed by atoms with van der Waals surface area (Å²) in [5.74, 6) is 5.30. The van der Waals surface area contributed by atoms with Crippen LogP contribution in [0.2, 0.25) is 5.02 Å². The highest BCUT2D eigenvalue weighted by atomic mass is 35.5. The van der Waals surface area contributed by atoms with E-state index in [-0.39, 0.29) is 0 Å². The van der Waals surface area contributed by atoms with Gasteiger partial charge in [-0.15, -0.1) is 11.3 Å². The molecule has 0 aliphatic carbocycles. The van der Waals surface area contributed by atoms with E-state index in [0.717, 1.165) is 21.2 Å². The maximum Gasteiger partial charge on any atom is 0.103 e. The van der Waals surface area contributed by atoms with Gasteiger partial charge in [0.05, 0.1) is 0 Å². The zero-order valence-electron chi connectivity index (χ0n) is 7.33. The highest BCUT2D eigenvalue weighted by Crippen LogP contribution is 2.28. The maximum atomic E-state index is 5.80. The Morgan fingerprint density at radius 3 is 2.43 bits per heavy atom. The van der Waals surface area contributed by atoms with Gasteiger partial charge in [0.1, 0.15) is 5.00 Å². The van der Waals surface area contributed by atoms with Crippen LogP contribution in [-0.4, -0.2) is 0 Å². The number of hydrogen-bond acceptors (Lipinski definition) is 3. The minimum atomic E-state index is 0.751. The molecule has 0 bridgehead atoms. The Kier molecular flexibility index (Phi) is 2.72. The van der Waals surface area contributed by atoms with Gasteiger partial charge in [-0.2, -0.15) is 0 Å². The van der Waals surface area contributed by atoms with Crippen LogP contribution >= 0.6 is 22.9 Å². The van der Waals surface area contributed by atoms with E-state index in [9.17, 15) is 0 Å². The van der Waals surface area contributed by atoms with Crippen LogP contribution in [0.15, 0.2) is 35.7 Å². The number of nitrogens with two attached hydrogens (primary N) is 1. The number of hydrogen-bond donors (Lipinski definition) is 2. The van der Waals surface area contributed by atoms with E-state index in [1.165, 1.54) is 0 Å². The van der Waals surface area contributed by atoms with Crippen molar-refractivity contribution in [3.8, 4) is 11.1 Å². The van der Waals surface area contributed by atoms with Crippen molar-refractivity contribution in [2.75, 3.05) is 5.43 Å². The van der Waals surface area contributed by atoms with Crippen LogP contribution in [-0.2, 0) is 0 Å². The first-order valence-corrected chi connectivity index (χ1v) is 5.36. The van der Waals surface area contributed by atoms with Crippen molar-refractivity contribution in [1.29, 1.82) is 0 Å². The average Bonchev–Trinajstić information content (AvgIpc) is 2.67. The molecule has 0 fully saturated rings. The lowest BCUT2D eigenvalue weighted by Crippen LogP contribution is -2.04. The van der Waals surface area contributed by atoms with Gasteiger partial charge in [0.25, 0.3) is 0 Å². The summed E-state index contributed by atoms with van der Waals surface area (Å²) in [4.78, 5) is 0. The third-order valence-electron chi connectivity index (χ3n) is 1.92. The number of nitrogen functional groups attached to an aromatic ring is 1. The number of anilines is 1. The summed E-state index contributed by atoms with van der Waals surface area (Å²) in [5, 5.41) is 3.76. The second-order valence-electron chi connectivity index (χ2n) is 2.85. The molecule has 0 amide bonds. The lowest BCUT2D eigenvalue weighted by molar-refractivity contribution is 1.39. The smallest absolute Gasteiger partial charge is 0.103 e. The van der Waals surface area contributed by atoms with E-state index in [1.54, 1.807) is 11.3 Å². The summed E-state index contributed by atoms with van der Waals surface area (Å²) < 4.78 is 0. The van der Waals surface area contributed by atoms with Crippen LogP contribution in [0, 0.1) is 0 Å². The monoisotopic (exact) mass is 224 g/mol. The molecule has 4 heteroatoms. The number of hydrazine groups is 1. The summed E-state index contributed by atoms with van der Waals surface area (Å²) in [7, 11) is 0. The van der Waals surface area contributed by atoms with E-state index >= 15 is 0 Å². The van der Waals surface area contributed by atoms with Crippen LogP contribution in [0.5, 0.6) is 0 Å². The van der Waals surface area contributed by atoms with Gasteiger partial charge < -0.3 is 5.43 Å². The van der Waals surface area contributed by atoms with Crippen LogP contribution in [0.1, 0.15) is 0 Å². The summed E-state index contributed by atoms with van der Waals surface area (Å²) in [6.45, 7) is 0. The number of halogens is 1. The first kappa shape index (κ1) is 9.52. The van der Waals surface area contributed by atoms with Crippen molar-refractivity contribution in [1.82, 2.24) is 0 Å². The minimum Gasteiger partial charge on any atom is -0.315 e. The van der Waals surface area contributed by atoms with Crippen molar-refractivity contribution in [2.45, 2.75) is 0 Å². The Morgan fingerprint density at radius 2 is 1.86 bits per heavy atom. The lowest BCUT2D eigenvalue weighted by atomic mass is 10.1. The number of benzene rings is 1. The van der Waals surface area contributed by atoms with Crippen molar-refractivity contribution in [2.24, 2.45) is 5.84 Å². The predicted octanol–water partition coefficient (Wildman–Crippen LogP) is 3.35. The average molecular weight is 225 g/mol. The van der Waals surface area contributed by atoms with Crippen LogP contribution in [0.3, 0.4) is 0 Å². The van der Waals surface area contributed by atoms with Gasteiger partial charge in [-0.25, -0.2) is 5.84 Å². The Hall–Kier alpha value is -1.03. The topological polar surface area (TPSA) is 38.0 Å². The maximum absolute atomic E-state index is 5.80. The number of thiophene rings is 1. The largest absolute Gasteiger partial charge is 0.315 e. The number of nitrogens with one attached hydrogen (secondary N) is 1. The molecule has 1 aromatic heterocycles. The van der Waals surface area contributed by atoms with Gasteiger partial charge in [-0.1, -0.05) is 23.7 Å². The minimum absolute atomic E-state index is 0.751. The van der Waals surface area contributed by atoms with Crippen molar-refractivity contribution >= 4 is 27.9 Å². The third-order valence-corrected chi connectivity index (χ3v) is 3.03. The molecule has 0 spiro atoms. The quantitative estimate of drug-likeness (QED) is 0.607. The molecule has 0 unspecified atom stereocenters. The summed E-state index contributed by atoms with van der Waals surface area (Å²) in [5.41, 5.74) is 4.92. The summed E-state index contributed by atoms with van der Waals surface area (Å²) in [6, 6.07) is 9.75. The van der Waals surface area contributed by atoms with Crippen LogP contribution < -0.4 is 11.3 Å². The number of rotatable bonds is 2. The van der Waals surface area contributed by atoms with Gasteiger partial charge in [-0.3, -0.25) is 0 Å². The molecule has 1 aromatic carbocycles. The predicted molar refractivity (Wildman–Crippen MR) is 62.6 cm³/mol. The fourth-order valence-electron chi connectivity index (χ4n) is 1.21. The van der Waals surface area contributed by atoms with Crippen LogP contribution in [0.25, 0.3) is 11.1 Å². The van der Waals surface area contributed by atoms with Crippen molar-refractivity contribution in [3.63, 3.8) is 0 Å². The third kappa shape index (κ3) is 1.90. The van der Waals surface area contributed by atoms with Crippen molar-refractivity contribution < 1.29 is 0 Å². The highest BCUT2D eigenvalue weighted by Gasteiger charge is 2.00. The van der Waals surface area contributed by atoms with E-state index in [2.05, 4.69) is 10.8 Å².